The van der Waals surface area contributed by atoms with Crippen molar-refractivity contribution in [2.45, 2.75) is 0 Å². The molecule has 0 saturated carbocycles. The lowest BCUT2D eigenvalue weighted by atomic mass is 10.2. The van der Waals surface area contributed by atoms with Crippen molar-refractivity contribution in [3.8, 4) is 5.75 Å². The molecule has 0 radical (unpaired) electrons. The van der Waals surface area contributed by atoms with Crippen molar-refractivity contribution in [2.24, 2.45) is 0 Å². The van der Waals surface area contributed by atoms with Crippen molar-refractivity contribution in [2.75, 3.05) is 5.73 Å². The molecule has 3 nitrogen and oxygen atoms in total. The van der Waals surface area contributed by atoms with E-state index in [1.807, 2.05) is 0 Å². The van der Waals surface area contributed by atoms with Crippen molar-refractivity contribution in [1.29, 1.82) is 0 Å². The minimum absolute atomic E-state index is 0.0532. The molecule has 2 rings (SSSR count). The first kappa shape index (κ1) is 8.13. The van der Waals surface area contributed by atoms with Crippen molar-refractivity contribution in [3.63, 3.8) is 0 Å². The Bertz CT molecular complexity index is 470. The summed E-state index contributed by atoms with van der Waals surface area (Å²) >= 11 is 5.89. The van der Waals surface area contributed by atoms with Crippen LogP contribution in [0.25, 0.3) is 10.9 Å². The van der Waals surface area contributed by atoms with Gasteiger partial charge in [-0.2, -0.15) is 0 Å². The fourth-order valence-electron chi connectivity index (χ4n) is 1.23. The van der Waals surface area contributed by atoms with Crippen LogP contribution in [0.2, 0.25) is 5.02 Å². The van der Waals surface area contributed by atoms with E-state index in [4.69, 9.17) is 17.3 Å². The lowest BCUT2D eigenvalue weighted by molar-refractivity contribution is 0.480. The van der Waals surface area contributed by atoms with E-state index in [-0.39, 0.29) is 5.75 Å². The molecule has 1 aromatic carbocycles. The average molecular weight is 195 g/mol. The van der Waals surface area contributed by atoms with Crippen molar-refractivity contribution < 1.29 is 5.11 Å². The molecule has 0 aliphatic carbocycles. The lowest BCUT2D eigenvalue weighted by Gasteiger charge is -2.02. The van der Waals surface area contributed by atoms with Gasteiger partial charge in [-0.3, -0.25) is 4.98 Å². The Labute approximate surface area is 79.8 Å². The van der Waals surface area contributed by atoms with E-state index in [1.54, 1.807) is 18.3 Å². The molecule has 0 spiro atoms. The van der Waals surface area contributed by atoms with Crippen LogP contribution in [-0.4, -0.2) is 10.1 Å². The number of halogens is 1. The van der Waals surface area contributed by atoms with Crippen molar-refractivity contribution >= 4 is 28.2 Å². The van der Waals surface area contributed by atoms with Gasteiger partial charge in [0.15, 0.2) is 0 Å². The van der Waals surface area contributed by atoms with Gasteiger partial charge in [-0.1, -0.05) is 11.6 Å². The maximum Gasteiger partial charge on any atom is 0.143 e. The Morgan fingerprint density at radius 2 is 2.15 bits per heavy atom. The summed E-state index contributed by atoms with van der Waals surface area (Å²) < 4.78 is 0. The summed E-state index contributed by atoms with van der Waals surface area (Å²) in [5.41, 5.74) is 6.49. The molecular formula is C9H7ClN2O. The van der Waals surface area contributed by atoms with Gasteiger partial charge >= 0.3 is 0 Å². The van der Waals surface area contributed by atoms with E-state index < -0.39 is 0 Å². The predicted octanol–water partition coefficient (Wildman–Crippen LogP) is 2.18. The number of fused-ring (bicyclic) bond motifs is 1. The average Bonchev–Trinajstić information content (AvgIpc) is 2.07. The number of aromatic nitrogens is 1. The Hall–Kier alpha value is -1.48. The second kappa shape index (κ2) is 2.78. The first-order chi connectivity index (χ1) is 6.18. The Balaban J connectivity index is 2.94. The van der Waals surface area contributed by atoms with Crippen molar-refractivity contribution in [1.82, 2.24) is 4.98 Å². The van der Waals surface area contributed by atoms with Gasteiger partial charge in [0.05, 0.1) is 5.02 Å². The molecule has 0 atom stereocenters. The van der Waals surface area contributed by atoms with Crippen LogP contribution < -0.4 is 5.73 Å². The first-order valence-electron chi connectivity index (χ1n) is 3.71. The molecule has 0 aliphatic rings. The molecule has 2 aromatic rings. The summed E-state index contributed by atoms with van der Waals surface area (Å²) in [5, 5.41) is 10.7. The number of aromatic hydroxyl groups is 1. The fourth-order valence-corrected chi connectivity index (χ4v) is 1.43. The molecule has 0 amide bonds. The van der Waals surface area contributed by atoms with Gasteiger partial charge in [0.25, 0.3) is 0 Å². The third-order valence-corrected chi connectivity index (χ3v) is 2.12. The highest BCUT2D eigenvalue weighted by atomic mass is 35.5. The standard InChI is InChI=1S/C9H7ClN2O/c10-7-1-2-12-9-6(7)3-5(11)4-8(9)13/h1-4,13H,11H2. The van der Waals surface area contributed by atoms with E-state index in [0.717, 1.165) is 0 Å². The van der Waals surface area contributed by atoms with Crippen molar-refractivity contribution in [3.05, 3.63) is 29.4 Å². The Kier molecular flexibility index (Phi) is 1.74. The number of nitrogen functional groups attached to an aromatic ring is 1. The number of benzene rings is 1. The second-order valence-corrected chi connectivity index (χ2v) is 3.14. The number of hydrogen-bond donors (Lipinski definition) is 2. The number of phenolic OH excluding ortho intramolecular Hbond substituents is 1. The highest BCUT2D eigenvalue weighted by Crippen LogP contribution is 2.30. The Morgan fingerprint density at radius 1 is 1.38 bits per heavy atom. The first-order valence-corrected chi connectivity index (χ1v) is 4.09. The second-order valence-electron chi connectivity index (χ2n) is 2.73. The molecule has 0 bridgehead atoms. The molecular weight excluding hydrogens is 188 g/mol. The van der Waals surface area contributed by atoms with Gasteiger partial charge in [-0.15, -0.1) is 0 Å². The molecule has 66 valence electrons. The molecule has 0 aliphatic heterocycles. The predicted molar refractivity (Wildman–Crippen MR) is 52.8 cm³/mol. The summed E-state index contributed by atoms with van der Waals surface area (Å²) in [6.07, 6.45) is 1.54. The SMILES string of the molecule is Nc1cc(O)c2nccc(Cl)c2c1. The van der Waals surface area contributed by atoms with Crippen LogP contribution in [0.5, 0.6) is 5.75 Å². The lowest BCUT2D eigenvalue weighted by Crippen LogP contribution is -1.86. The van der Waals surface area contributed by atoms with E-state index in [1.165, 1.54) is 6.07 Å². The summed E-state index contributed by atoms with van der Waals surface area (Å²) in [5.74, 6) is 0.0532. The van der Waals surface area contributed by atoms with E-state index in [0.29, 0.717) is 21.6 Å². The topological polar surface area (TPSA) is 59.1 Å². The van der Waals surface area contributed by atoms with Crippen LogP contribution in [0.1, 0.15) is 0 Å². The number of rotatable bonds is 0. The van der Waals surface area contributed by atoms with Crippen LogP contribution in [0.4, 0.5) is 5.69 Å². The minimum atomic E-state index is 0.0532. The van der Waals surface area contributed by atoms with Crippen LogP contribution in [0.3, 0.4) is 0 Å². The number of anilines is 1. The molecule has 0 fully saturated rings. The van der Waals surface area contributed by atoms with Crippen LogP contribution >= 0.6 is 11.6 Å². The number of pyridine rings is 1. The van der Waals surface area contributed by atoms with Gasteiger partial charge in [-0.25, -0.2) is 0 Å². The van der Waals surface area contributed by atoms with E-state index in [9.17, 15) is 5.11 Å². The molecule has 1 heterocycles. The zero-order chi connectivity index (χ0) is 9.42. The van der Waals surface area contributed by atoms with Crippen LogP contribution in [0.15, 0.2) is 24.4 Å². The summed E-state index contributed by atoms with van der Waals surface area (Å²) in [6, 6.07) is 4.79. The highest BCUT2D eigenvalue weighted by Gasteiger charge is 2.04. The summed E-state index contributed by atoms with van der Waals surface area (Å²) in [6.45, 7) is 0. The highest BCUT2D eigenvalue weighted by molar-refractivity contribution is 6.35. The number of nitrogens with two attached hydrogens (primary N) is 1. The Morgan fingerprint density at radius 3 is 2.92 bits per heavy atom. The van der Waals surface area contributed by atoms with Crippen LogP contribution in [0, 0.1) is 0 Å². The zero-order valence-corrected chi connectivity index (χ0v) is 7.42. The van der Waals surface area contributed by atoms with Gasteiger partial charge < -0.3 is 10.8 Å². The third kappa shape index (κ3) is 1.27. The molecule has 1 aromatic heterocycles. The van der Waals surface area contributed by atoms with Gasteiger partial charge in [0.2, 0.25) is 0 Å². The maximum atomic E-state index is 9.48. The maximum absolute atomic E-state index is 9.48. The fraction of sp³-hybridized carbons (Fsp3) is 0. The zero-order valence-electron chi connectivity index (χ0n) is 6.66. The van der Waals surface area contributed by atoms with Gasteiger partial charge in [0, 0.05) is 23.3 Å². The number of hydrogen-bond acceptors (Lipinski definition) is 3. The summed E-state index contributed by atoms with van der Waals surface area (Å²) in [7, 11) is 0. The number of nitrogens with zero attached hydrogens (tertiary/aromatic N) is 1. The number of phenols is 1. The monoisotopic (exact) mass is 194 g/mol. The molecule has 0 saturated heterocycles. The van der Waals surface area contributed by atoms with E-state index in [2.05, 4.69) is 4.98 Å². The van der Waals surface area contributed by atoms with E-state index >= 15 is 0 Å². The normalized spacial score (nSPS) is 10.5. The molecule has 13 heavy (non-hydrogen) atoms. The quantitative estimate of drug-likeness (QED) is 0.632. The largest absolute Gasteiger partial charge is 0.506 e. The van der Waals surface area contributed by atoms with Crippen LogP contribution in [-0.2, 0) is 0 Å². The van der Waals surface area contributed by atoms with Gasteiger partial charge in [-0.05, 0) is 12.1 Å². The smallest absolute Gasteiger partial charge is 0.143 e. The third-order valence-electron chi connectivity index (χ3n) is 1.79. The molecule has 4 heteroatoms. The molecule has 0 unspecified atom stereocenters. The minimum Gasteiger partial charge on any atom is -0.506 e. The molecule has 3 N–H and O–H groups in total. The summed E-state index contributed by atoms with van der Waals surface area (Å²) in [4.78, 5) is 3.99. The van der Waals surface area contributed by atoms with Gasteiger partial charge in [0.1, 0.15) is 11.3 Å².